The zero-order chi connectivity index (χ0) is 17.2. The molecule has 0 aliphatic carbocycles. The lowest BCUT2D eigenvalue weighted by molar-refractivity contribution is 0.0943. The average Bonchev–Trinajstić information content (AvgIpc) is 2.64. The van der Waals surface area contributed by atoms with Crippen molar-refractivity contribution in [3.05, 3.63) is 83.9 Å². The highest BCUT2D eigenvalue weighted by molar-refractivity contribution is 5.97. The predicted octanol–water partition coefficient (Wildman–Crippen LogP) is 2.97. The third-order valence-corrected chi connectivity index (χ3v) is 3.59. The minimum absolute atomic E-state index is 0.124. The molecule has 124 valence electrons. The summed E-state index contributed by atoms with van der Waals surface area (Å²) in [5.41, 5.74) is 2.34. The van der Waals surface area contributed by atoms with Gasteiger partial charge >= 0.3 is 0 Å². The molecule has 0 saturated carbocycles. The molecule has 0 saturated heterocycles. The summed E-state index contributed by atoms with van der Waals surface area (Å²) in [6.07, 6.45) is 3.44. The van der Waals surface area contributed by atoms with Crippen molar-refractivity contribution < 1.29 is 9.59 Å². The Hall–Kier alpha value is -2.88. The minimum atomic E-state index is -0.176. The van der Waals surface area contributed by atoms with Crippen LogP contribution in [0, 0.1) is 0 Å². The maximum absolute atomic E-state index is 12.1. The molecule has 2 amide bonds. The maximum Gasteiger partial charge on any atom is 0.251 e. The number of hydrogen-bond acceptors (Lipinski definition) is 2. The van der Waals surface area contributed by atoms with Crippen molar-refractivity contribution in [2.24, 2.45) is 0 Å². The third kappa shape index (κ3) is 5.39. The molecule has 0 radical (unpaired) electrons. The lowest BCUT2D eigenvalue weighted by Crippen LogP contribution is -2.25. The van der Waals surface area contributed by atoms with E-state index in [0.29, 0.717) is 24.2 Å². The van der Waals surface area contributed by atoms with Crippen LogP contribution in [0.4, 0.5) is 0 Å². The summed E-state index contributed by atoms with van der Waals surface area (Å²) < 4.78 is 0. The second-order valence-corrected chi connectivity index (χ2v) is 5.42. The van der Waals surface area contributed by atoms with Gasteiger partial charge in [0.05, 0.1) is 0 Å². The van der Waals surface area contributed by atoms with Crippen LogP contribution in [-0.2, 0) is 6.42 Å². The number of carbonyl (C=O) groups is 2. The van der Waals surface area contributed by atoms with Crippen molar-refractivity contribution in [3.63, 3.8) is 0 Å². The quantitative estimate of drug-likeness (QED) is 0.580. The van der Waals surface area contributed by atoms with Crippen LogP contribution < -0.4 is 10.6 Å². The second kappa shape index (κ2) is 9.30. The van der Waals surface area contributed by atoms with Gasteiger partial charge in [0.2, 0.25) is 0 Å². The van der Waals surface area contributed by atoms with Crippen molar-refractivity contribution in [2.45, 2.75) is 12.8 Å². The van der Waals surface area contributed by atoms with Crippen LogP contribution in [0.2, 0.25) is 0 Å². The molecule has 0 atom stereocenters. The first-order valence-electron chi connectivity index (χ1n) is 8.02. The van der Waals surface area contributed by atoms with E-state index < -0.39 is 0 Å². The van der Waals surface area contributed by atoms with Gasteiger partial charge in [0.25, 0.3) is 11.8 Å². The summed E-state index contributed by atoms with van der Waals surface area (Å²) >= 11 is 0. The first kappa shape index (κ1) is 17.5. The van der Waals surface area contributed by atoms with Gasteiger partial charge in [0.1, 0.15) is 0 Å². The Kier molecular flexibility index (Phi) is 6.77. The highest BCUT2D eigenvalue weighted by atomic mass is 16.2. The Labute approximate surface area is 142 Å². The van der Waals surface area contributed by atoms with Gasteiger partial charge in [-0.2, -0.15) is 0 Å². The number of carbonyl (C=O) groups excluding carboxylic acids is 2. The Morgan fingerprint density at radius 2 is 1.46 bits per heavy atom. The number of hydrogen-bond donors (Lipinski definition) is 2. The average molecular weight is 322 g/mol. The van der Waals surface area contributed by atoms with Gasteiger partial charge < -0.3 is 10.6 Å². The fourth-order valence-electron chi connectivity index (χ4n) is 2.28. The molecule has 2 rings (SSSR count). The van der Waals surface area contributed by atoms with E-state index in [4.69, 9.17) is 0 Å². The van der Waals surface area contributed by atoms with Crippen LogP contribution >= 0.6 is 0 Å². The first-order chi connectivity index (χ1) is 11.7. The molecule has 0 aromatic heterocycles. The van der Waals surface area contributed by atoms with Gasteiger partial charge in [-0.3, -0.25) is 9.59 Å². The molecule has 0 aliphatic rings. The van der Waals surface area contributed by atoms with Gasteiger partial charge in [0.15, 0.2) is 0 Å². The van der Waals surface area contributed by atoms with Crippen LogP contribution in [0.1, 0.15) is 32.7 Å². The van der Waals surface area contributed by atoms with Gasteiger partial charge in [-0.1, -0.05) is 36.4 Å². The molecule has 24 heavy (non-hydrogen) atoms. The fraction of sp³-hybridized carbons (Fsp3) is 0.200. The van der Waals surface area contributed by atoms with E-state index in [-0.39, 0.29) is 11.8 Å². The zero-order valence-corrected chi connectivity index (χ0v) is 13.6. The van der Waals surface area contributed by atoms with E-state index in [2.05, 4.69) is 29.3 Å². The number of benzene rings is 2. The standard InChI is InChI=1S/C20H22N2O2/c1-2-14-21-19(23)17-10-12-18(13-11-17)20(24)22-15-6-9-16-7-4-3-5-8-16/h2-5,7-8,10-13H,1,6,9,14-15H2,(H,21,23)(H,22,24). The van der Waals surface area contributed by atoms with E-state index in [0.717, 1.165) is 12.8 Å². The molecule has 2 aromatic carbocycles. The van der Waals surface area contributed by atoms with E-state index in [9.17, 15) is 9.59 Å². The smallest absolute Gasteiger partial charge is 0.251 e. The summed E-state index contributed by atoms with van der Waals surface area (Å²) in [5, 5.41) is 5.60. The topological polar surface area (TPSA) is 58.2 Å². The number of nitrogens with one attached hydrogen (secondary N) is 2. The molecule has 0 spiro atoms. The van der Waals surface area contributed by atoms with Gasteiger partial charge in [-0.05, 0) is 42.7 Å². The van der Waals surface area contributed by atoms with Crippen molar-refractivity contribution in [1.29, 1.82) is 0 Å². The lowest BCUT2D eigenvalue weighted by Gasteiger charge is -2.07. The van der Waals surface area contributed by atoms with Gasteiger partial charge in [-0.25, -0.2) is 0 Å². The zero-order valence-electron chi connectivity index (χ0n) is 13.6. The SMILES string of the molecule is C=CCNC(=O)c1ccc(C(=O)NCCCc2ccccc2)cc1. The summed E-state index contributed by atoms with van der Waals surface area (Å²) in [6.45, 7) is 4.59. The molecule has 0 aliphatic heterocycles. The number of amides is 2. The highest BCUT2D eigenvalue weighted by Gasteiger charge is 2.08. The van der Waals surface area contributed by atoms with Crippen LogP contribution in [0.5, 0.6) is 0 Å². The first-order valence-corrected chi connectivity index (χ1v) is 8.02. The monoisotopic (exact) mass is 322 g/mol. The molecular formula is C20H22N2O2. The molecule has 2 N–H and O–H groups in total. The molecule has 2 aromatic rings. The Morgan fingerprint density at radius 3 is 2.04 bits per heavy atom. The normalized spacial score (nSPS) is 10.0. The van der Waals surface area contributed by atoms with E-state index in [1.54, 1.807) is 30.3 Å². The third-order valence-electron chi connectivity index (χ3n) is 3.59. The summed E-state index contributed by atoms with van der Waals surface area (Å²) in [4.78, 5) is 23.9. The largest absolute Gasteiger partial charge is 0.352 e. The van der Waals surface area contributed by atoms with E-state index in [1.807, 2.05) is 18.2 Å². The van der Waals surface area contributed by atoms with Gasteiger partial charge in [-0.15, -0.1) is 6.58 Å². The molecule has 0 unspecified atom stereocenters. The van der Waals surface area contributed by atoms with E-state index in [1.165, 1.54) is 5.56 Å². The molecular weight excluding hydrogens is 300 g/mol. The Morgan fingerprint density at radius 1 is 0.875 bits per heavy atom. The van der Waals surface area contributed by atoms with Crippen LogP contribution in [0.25, 0.3) is 0 Å². The van der Waals surface area contributed by atoms with Crippen LogP contribution in [0.3, 0.4) is 0 Å². The highest BCUT2D eigenvalue weighted by Crippen LogP contribution is 2.05. The van der Waals surface area contributed by atoms with E-state index >= 15 is 0 Å². The Bertz CT molecular complexity index is 679. The molecule has 0 heterocycles. The summed E-state index contributed by atoms with van der Waals surface area (Å²) in [5.74, 6) is -0.300. The van der Waals surface area contributed by atoms with Crippen molar-refractivity contribution in [3.8, 4) is 0 Å². The maximum atomic E-state index is 12.1. The molecule has 0 bridgehead atoms. The Balaban J connectivity index is 1.78. The fourth-order valence-corrected chi connectivity index (χ4v) is 2.28. The molecule has 4 nitrogen and oxygen atoms in total. The minimum Gasteiger partial charge on any atom is -0.352 e. The van der Waals surface area contributed by atoms with Crippen molar-refractivity contribution >= 4 is 11.8 Å². The lowest BCUT2D eigenvalue weighted by atomic mass is 10.1. The summed E-state index contributed by atoms with van der Waals surface area (Å²) in [6, 6.07) is 16.8. The van der Waals surface area contributed by atoms with Crippen molar-refractivity contribution in [2.75, 3.05) is 13.1 Å². The van der Waals surface area contributed by atoms with Crippen molar-refractivity contribution in [1.82, 2.24) is 10.6 Å². The molecule has 0 fully saturated rings. The second-order valence-electron chi connectivity index (χ2n) is 5.42. The van der Waals surface area contributed by atoms with Gasteiger partial charge in [0, 0.05) is 24.2 Å². The van der Waals surface area contributed by atoms with Crippen LogP contribution in [-0.4, -0.2) is 24.9 Å². The molecule has 4 heteroatoms. The van der Waals surface area contributed by atoms with Crippen LogP contribution in [0.15, 0.2) is 67.3 Å². The predicted molar refractivity (Wildman–Crippen MR) is 96.1 cm³/mol. The number of rotatable bonds is 8. The number of aryl methyl sites for hydroxylation is 1. The summed E-state index contributed by atoms with van der Waals surface area (Å²) in [7, 11) is 0.